The molecule has 0 fully saturated rings. The van der Waals surface area contributed by atoms with E-state index >= 15 is 0 Å². The molecule has 1 aromatic carbocycles. The summed E-state index contributed by atoms with van der Waals surface area (Å²) in [6, 6.07) is 7.83. The van der Waals surface area contributed by atoms with Gasteiger partial charge in [-0.25, -0.2) is 0 Å². The molecule has 102 valence electrons. The third kappa shape index (κ3) is 3.49. The van der Waals surface area contributed by atoms with Crippen molar-refractivity contribution in [3.8, 4) is 11.5 Å². The zero-order valence-electron chi connectivity index (χ0n) is 11.3. The summed E-state index contributed by atoms with van der Waals surface area (Å²) in [7, 11) is 3.32. The van der Waals surface area contributed by atoms with Crippen LogP contribution in [0.1, 0.15) is 23.6 Å². The molecule has 1 heterocycles. The number of methoxy groups -OCH3 is 2. The minimum absolute atomic E-state index is 0.0510. The Morgan fingerprint density at radius 3 is 2.68 bits per heavy atom. The van der Waals surface area contributed by atoms with Crippen LogP contribution in [0.4, 0.5) is 0 Å². The summed E-state index contributed by atoms with van der Waals surface area (Å²) < 4.78 is 10.6. The summed E-state index contributed by atoms with van der Waals surface area (Å²) in [5, 5.41) is 4.25. The van der Waals surface area contributed by atoms with Gasteiger partial charge in [0, 0.05) is 11.6 Å². The van der Waals surface area contributed by atoms with Crippen molar-refractivity contribution in [1.82, 2.24) is 0 Å². The van der Waals surface area contributed by atoms with Crippen LogP contribution in [0.15, 0.2) is 35.0 Å². The van der Waals surface area contributed by atoms with E-state index in [1.165, 1.54) is 5.56 Å². The SMILES string of the molecule is COc1ccc(OC)c(C(N)CCc2ccsc2)c1. The van der Waals surface area contributed by atoms with Crippen molar-refractivity contribution in [1.29, 1.82) is 0 Å². The van der Waals surface area contributed by atoms with Gasteiger partial charge < -0.3 is 15.2 Å². The first-order valence-corrected chi connectivity index (χ1v) is 7.17. The predicted molar refractivity (Wildman–Crippen MR) is 79.1 cm³/mol. The minimum Gasteiger partial charge on any atom is -0.497 e. The van der Waals surface area contributed by atoms with Gasteiger partial charge in [-0.1, -0.05) is 0 Å². The van der Waals surface area contributed by atoms with Crippen LogP contribution < -0.4 is 15.2 Å². The third-order valence-electron chi connectivity index (χ3n) is 3.16. The topological polar surface area (TPSA) is 44.5 Å². The lowest BCUT2D eigenvalue weighted by atomic mass is 10.00. The molecule has 0 spiro atoms. The van der Waals surface area contributed by atoms with Crippen LogP contribution >= 0.6 is 11.3 Å². The van der Waals surface area contributed by atoms with E-state index < -0.39 is 0 Å². The lowest BCUT2D eigenvalue weighted by molar-refractivity contribution is 0.394. The van der Waals surface area contributed by atoms with Crippen LogP contribution in [-0.4, -0.2) is 14.2 Å². The van der Waals surface area contributed by atoms with Crippen molar-refractivity contribution in [3.05, 3.63) is 46.2 Å². The van der Waals surface area contributed by atoms with Crippen molar-refractivity contribution >= 4 is 11.3 Å². The van der Waals surface area contributed by atoms with E-state index in [2.05, 4.69) is 16.8 Å². The van der Waals surface area contributed by atoms with E-state index in [-0.39, 0.29) is 6.04 Å². The molecule has 0 amide bonds. The van der Waals surface area contributed by atoms with Gasteiger partial charge in [0.1, 0.15) is 11.5 Å². The van der Waals surface area contributed by atoms with Gasteiger partial charge in [-0.05, 0) is 53.4 Å². The number of hydrogen-bond donors (Lipinski definition) is 1. The first-order chi connectivity index (χ1) is 9.24. The molecule has 19 heavy (non-hydrogen) atoms. The Morgan fingerprint density at radius 1 is 1.21 bits per heavy atom. The van der Waals surface area contributed by atoms with Crippen molar-refractivity contribution < 1.29 is 9.47 Å². The number of benzene rings is 1. The van der Waals surface area contributed by atoms with Gasteiger partial charge in [-0.15, -0.1) is 0 Å². The molecule has 1 atom stereocenters. The molecule has 4 heteroatoms. The second-order valence-corrected chi connectivity index (χ2v) is 5.16. The maximum atomic E-state index is 6.28. The third-order valence-corrected chi connectivity index (χ3v) is 3.89. The number of aryl methyl sites for hydroxylation is 1. The highest BCUT2D eigenvalue weighted by molar-refractivity contribution is 7.07. The lowest BCUT2D eigenvalue weighted by Crippen LogP contribution is -2.12. The largest absolute Gasteiger partial charge is 0.497 e. The molecule has 1 unspecified atom stereocenters. The first kappa shape index (κ1) is 13.9. The van der Waals surface area contributed by atoms with E-state index in [0.29, 0.717) is 0 Å². The number of thiophene rings is 1. The lowest BCUT2D eigenvalue weighted by Gasteiger charge is -2.16. The van der Waals surface area contributed by atoms with Crippen LogP contribution in [-0.2, 0) is 6.42 Å². The van der Waals surface area contributed by atoms with E-state index in [1.807, 2.05) is 18.2 Å². The molecule has 0 saturated carbocycles. The molecule has 0 aliphatic heterocycles. The quantitative estimate of drug-likeness (QED) is 0.880. The number of hydrogen-bond acceptors (Lipinski definition) is 4. The van der Waals surface area contributed by atoms with Crippen molar-refractivity contribution in [2.45, 2.75) is 18.9 Å². The molecule has 2 rings (SSSR count). The van der Waals surface area contributed by atoms with E-state index in [0.717, 1.165) is 29.9 Å². The molecule has 0 aliphatic carbocycles. The Labute approximate surface area is 118 Å². The fourth-order valence-corrected chi connectivity index (χ4v) is 2.74. The number of ether oxygens (including phenoxy) is 2. The Bertz CT molecular complexity index is 511. The van der Waals surface area contributed by atoms with E-state index in [4.69, 9.17) is 15.2 Å². The van der Waals surface area contributed by atoms with Gasteiger partial charge in [0.2, 0.25) is 0 Å². The van der Waals surface area contributed by atoms with Crippen LogP contribution in [0.25, 0.3) is 0 Å². The molecule has 2 N–H and O–H groups in total. The molecule has 2 aromatic rings. The van der Waals surface area contributed by atoms with Gasteiger partial charge >= 0.3 is 0 Å². The van der Waals surface area contributed by atoms with Crippen molar-refractivity contribution in [3.63, 3.8) is 0 Å². The second kappa shape index (κ2) is 6.59. The number of rotatable bonds is 6. The summed E-state index contributed by atoms with van der Waals surface area (Å²) in [5.41, 5.74) is 8.61. The molecular formula is C15H19NO2S. The molecule has 0 bridgehead atoms. The zero-order chi connectivity index (χ0) is 13.7. The fraction of sp³-hybridized carbons (Fsp3) is 0.333. The van der Waals surface area contributed by atoms with E-state index in [9.17, 15) is 0 Å². The standard InChI is InChI=1S/C15H19NO2S/c1-17-12-4-6-15(18-2)13(9-12)14(16)5-3-11-7-8-19-10-11/h4,6-10,14H,3,5,16H2,1-2H3. The van der Waals surface area contributed by atoms with Gasteiger partial charge in [0.05, 0.1) is 14.2 Å². The first-order valence-electron chi connectivity index (χ1n) is 6.23. The van der Waals surface area contributed by atoms with Crippen molar-refractivity contribution in [2.75, 3.05) is 14.2 Å². The monoisotopic (exact) mass is 277 g/mol. The van der Waals surface area contributed by atoms with Gasteiger partial charge in [-0.3, -0.25) is 0 Å². The maximum absolute atomic E-state index is 6.28. The fourth-order valence-electron chi connectivity index (χ4n) is 2.04. The van der Waals surface area contributed by atoms with Gasteiger partial charge in [-0.2, -0.15) is 11.3 Å². The molecule has 3 nitrogen and oxygen atoms in total. The smallest absolute Gasteiger partial charge is 0.123 e. The zero-order valence-corrected chi connectivity index (χ0v) is 12.1. The van der Waals surface area contributed by atoms with Crippen molar-refractivity contribution in [2.24, 2.45) is 5.73 Å². The molecule has 1 aromatic heterocycles. The molecule has 0 radical (unpaired) electrons. The average molecular weight is 277 g/mol. The second-order valence-electron chi connectivity index (χ2n) is 4.38. The summed E-state index contributed by atoms with van der Waals surface area (Å²) in [6.45, 7) is 0. The summed E-state index contributed by atoms with van der Waals surface area (Å²) in [6.07, 6.45) is 1.87. The molecule has 0 saturated heterocycles. The van der Waals surface area contributed by atoms with Crippen LogP contribution in [0, 0.1) is 0 Å². The maximum Gasteiger partial charge on any atom is 0.123 e. The van der Waals surface area contributed by atoms with Gasteiger partial charge in [0.15, 0.2) is 0 Å². The highest BCUT2D eigenvalue weighted by Gasteiger charge is 2.13. The normalized spacial score (nSPS) is 12.2. The van der Waals surface area contributed by atoms with E-state index in [1.54, 1.807) is 25.6 Å². The van der Waals surface area contributed by atoms with Crippen LogP contribution in [0.3, 0.4) is 0 Å². The molecular weight excluding hydrogens is 258 g/mol. The Kier molecular flexibility index (Phi) is 4.82. The highest BCUT2D eigenvalue weighted by Crippen LogP contribution is 2.30. The highest BCUT2D eigenvalue weighted by atomic mass is 32.1. The minimum atomic E-state index is -0.0510. The molecule has 0 aliphatic rings. The Balaban J connectivity index is 2.10. The summed E-state index contributed by atoms with van der Waals surface area (Å²) in [4.78, 5) is 0. The Hall–Kier alpha value is -1.52. The van der Waals surface area contributed by atoms with Gasteiger partial charge in [0.25, 0.3) is 0 Å². The van der Waals surface area contributed by atoms with Crippen LogP contribution in [0.2, 0.25) is 0 Å². The Morgan fingerprint density at radius 2 is 2.05 bits per heavy atom. The summed E-state index contributed by atoms with van der Waals surface area (Å²) >= 11 is 1.72. The summed E-state index contributed by atoms with van der Waals surface area (Å²) in [5.74, 6) is 1.63. The average Bonchev–Trinajstić information content (AvgIpc) is 2.97. The number of nitrogens with two attached hydrogens (primary N) is 1. The predicted octanol–water partition coefficient (Wildman–Crippen LogP) is 3.40. The van der Waals surface area contributed by atoms with Crippen LogP contribution in [0.5, 0.6) is 11.5 Å².